The molecule has 1 amide bonds. The standard InChI is InChI=1S/C21H21Cl2N3O5/c22-16-7-15(10-24-25-20(27)11-26-3-5-28-6-4-26)8-17(23)21(16)29-12-14-1-2-18-19(9-14)31-13-30-18/h1-2,7-10H,3-6,11-13H2,(H,25,27)/b24-10+. The molecule has 164 valence electrons. The molecule has 0 saturated carbocycles. The van der Waals surface area contributed by atoms with Crippen molar-refractivity contribution < 1.29 is 23.7 Å². The topological polar surface area (TPSA) is 81.6 Å². The van der Waals surface area contributed by atoms with Crippen molar-refractivity contribution in [1.82, 2.24) is 10.3 Å². The van der Waals surface area contributed by atoms with Crippen molar-refractivity contribution in [2.45, 2.75) is 6.61 Å². The summed E-state index contributed by atoms with van der Waals surface area (Å²) in [5.41, 5.74) is 4.04. The molecular weight excluding hydrogens is 445 g/mol. The van der Waals surface area contributed by atoms with Gasteiger partial charge in [0.1, 0.15) is 6.61 Å². The van der Waals surface area contributed by atoms with Crippen molar-refractivity contribution in [1.29, 1.82) is 0 Å². The van der Waals surface area contributed by atoms with Crippen LogP contribution in [0.5, 0.6) is 17.2 Å². The number of nitrogens with zero attached hydrogens (tertiary/aromatic N) is 2. The Hall–Kier alpha value is -2.52. The Morgan fingerprint density at radius 3 is 2.65 bits per heavy atom. The Morgan fingerprint density at radius 1 is 1.13 bits per heavy atom. The third-order valence-corrected chi connectivity index (χ3v) is 5.28. The van der Waals surface area contributed by atoms with E-state index in [1.807, 2.05) is 23.1 Å². The van der Waals surface area contributed by atoms with Gasteiger partial charge >= 0.3 is 0 Å². The number of halogens is 2. The van der Waals surface area contributed by atoms with Gasteiger partial charge in [0.05, 0.1) is 36.0 Å². The summed E-state index contributed by atoms with van der Waals surface area (Å²) in [5.74, 6) is 1.56. The van der Waals surface area contributed by atoms with Crippen molar-refractivity contribution in [3.05, 3.63) is 51.5 Å². The molecule has 0 unspecified atom stereocenters. The predicted octanol–water partition coefficient (Wildman–Crippen LogP) is 3.08. The van der Waals surface area contributed by atoms with Crippen LogP contribution in [-0.2, 0) is 16.1 Å². The first-order chi connectivity index (χ1) is 15.1. The van der Waals surface area contributed by atoms with Gasteiger partial charge in [-0.15, -0.1) is 0 Å². The van der Waals surface area contributed by atoms with Gasteiger partial charge in [-0.25, -0.2) is 5.43 Å². The lowest BCUT2D eigenvalue weighted by molar-refractivity contribution is -0.123. The summed E-state index contributed by atoms with van der Waals surface area (Å²) in [4.78, 5) is 14.0. The van der Waals surface area contributed by atoms with Gasteiger partial charge in [-0.3, -0.25) is 9.69 Å². The van der Waals surface area contributed by atoms with E-state index in [9.17, 15) is 4.79 Å². The summed E-state index contributed by atoms with van der Waals surface area (Å²) in [5, 5.41) is 4.66. The van der Waals surface area contributed by atoms with E-state index in [0.29, 0.717) is 46.1 Å². The molecular formula is C21H21Cl2N3O5. The highest BCUT2D eigenvalue weighted by atomic mass is 35.5. The minimum absolute atomic E-state index is 0.195. The molecule has 2 aliphatic rings. The number of carbonyl (C=O) groups is 1. The van der Waals surface area contributed by atoms with E-state index >= 15 is 0 Å². The van der Waals surface area contributed by atoms with Crippen LogP contribution in [0.3, 0.4) is 0 Å². The minimum Gasteiger partial charge on any atom is -0.486 e. The molecule has 0 radical (unpaired) electrons. The molecule has 2 aliphatic heterocycles. The summed E-state index contributed by atoms with van der Waals surface area (Å²) >= 11 is 12.7. The molecule has 0 spiro atoms. The first kappa shape index (κ1) is 21.7. The molecule has 10 heteroatoms. The van der Waals surface area contributed by atoms with Crippen molar-refractivity contribution in [2.75, 3.05) is 39.6 Å². The Labute approximate surface area is 189 Å². The van der Waals surface area contributed by atoms with Crippen LogP contribution < -0.4 is 19.6 Å². The molecule has 0 atom stereocenters. The molecule has 0 aromatic heterocycles. The zero-order valence-electron chi connectivity index (χ0n) is 16.6. The Balaban J connectivity index is 1.32. The second-order valence-electron chi connectivity index (χ2n) is 6.97. The van der Waals surface area contributed by atoms with Gasteiger partial charge in [0, 0.05) is 13.1 Å². The maximum Gasteiger partial charge on any atom is 0.254 e. The van der Waals surface area contributed by atoms with Gasteiger partial charge < -0.3 is 18.9 Å². The Bertz CT molecular complexity index is 956. The van der Waals surface area contributed by atoms with E-state index in [2.05, 4.69) is 10.5 Å². The number of ether oxygens (including phenoxy) is 4. The molecule has 0 aliphatic carbocycles. The van der Waals surface area contributed by atoms with Crippen molar-refractivity contribution >= 4 is 35.3 Å². The van der Waals surface area contributed by atoms with E-state index in [1.165, 1.54) is 6.21 Å². The first-order valence-corrected chi connectivity index (χ1v) is 10.5. The molecule has 2 aromatic rings. The average Bonchev–Trinajstić information content (AvgIpc) is 3.22. The van der Waals surface area contributed by atoms with Crippen LogP contribution in [0.4, 0.5) is 0 Å². The zero-order valence-corrected chi connectivity index (χ0v) is 18.1. The van der Waals surface area contributed by atoms with Gasteiger partial charge in [0.25, 0.3) is 5.91 Å². The number of fused-ring (bicyclic) bond motifs is 1. The largest absolute Gasteiger partial charge is 0.486 e. The molecule has 2 aromatic carbocycles. The third kappa shape index (κ3) is 5.80. The zero-order chi connectivity index (χ0) is 21.6. The van der Waals surface area contributed by atoms with E-state index < -0.39 is 0 Å². The van der Waals surface area contributed by atoms with Crippen LogP contribution in [0, 0.1) is 0 Å². The minimum atomic E-state index is -0.195. The number of benzene rings is 2. The van der Waals surface area contributed by atoms with E-state index in [-0.39, 0.29) is 25.9 Å². The smallest absolute Gasteiger partial charge is 0.254 e. The number of carbonyl (C=O) groups excluding carboxylic acids is 1. The Morgan fingerprint density at radius 2 is 1.87 bits per heavy atom. The van der Waals surface area contributed by atoms with Gasteiger partial charge in [0.15, 0.2) is 17.2 Å². The molecule has 4 rings (SSSR count). The van der Waals surface area contributed by atoms with Crippen LogP contribution in [0.15, 0.2) is 35.4 Å². The summed E-state index contributed by atoms with van der Waals surface area (Å²) in [6, 6.07) is 8.90. The highest BCUT2D eigenvalue weighted by molar-refractivity contribution is 6.37. The lowest BCUT2D eigenvalue weighted by atomic mass is 10.2. The monoisotopic (exact) mass is 465 g/mol. The average molecular weight is 466 g/mol. The van der Waals surface area contributed by atoms with Crippen molar-refractivity contribution in [3.63, 3.8) is 0 Å². The highest BCUT2D eigenvalue weighted by Crippen LogP contribution is 2.36. The number of nitrogens with one attached hydrogen (secondary N) is 1. The maximum atomic E-state index is 12.0. The van der Waals surface area contributed by atoms with Gasteiger partial charge in [-0.1, -0.05) is 29.3 Å². The summed E-state index contributed by atoms with van der Waals surface area (Å²) in [6.45, 7) is 3.49. The van der Waals surface area contributed by atoms with Gasteiger partial charge in [0.2, 0.25) is 6.79 Å². The third-order valence-electron chi connectivity index (χ3n) is 4.71. The fourth-order valence-corrected chi connectivity index (χ4v) is 3.77. The molecule has 1 N–H and O–H groups in total. The van der Waals surface area contributed by atoms with Gasteiger partial charge in [-0.2, -0.15) is 5.10 Å². The number of morpholine rings is 1. The maximum absolute atomic E-state index is 12.0. The van der Waals surface area contributed by atoms with Crippen LogP contribution in [-0.4, -0.2) is 56.7 Å². The fourth-order valence-electron chi connectivity index (χ4n) is 3.15. The number of amides is 1. The number of hydrogen-bond acceptors (Lipinski definition) is 7. The second-order valence-corrected chi connectivity index (χ2v) is 7.79. The predicted molar refractivity (Wildman–Crippen MR) is 116 cm³/mol. The first-order valence-electron chi connectivity index (χ1n) is 9.71. The van der Waals surface area contributed by atoms with E-state index in [4.69, 9.17) is 42.1 Å². The summed E-state index contributed by atoms with van der Waals surface area (Å²) < 4.78 is 21.7. The SMILES string of the molecule is O=C(CN1CCOCC1)N/N=C/c1cc(Cl)c(OCc2ccc3c(c2)OCO3)c(Cl)c1. The second kappa shape index (κ2) is 10.2. The van der Waals surface area contributed by atoms with E-state index in [1.54, 1.807) is 12.1 Å². The lowest BCUT2D eigenvalue weighted by Crippen LogP contribution is -2.42. The van der Waals surface area contributed by atoms with Crippen molar-refractivity contribution in [2.24, 2.45) is 5.10 Å². The number of rotatable bonds is 7. The molecule has 1 saturated heterocycles. The molecule has 31 heavy (non-hydrogen) atoms. The van der Waals surface area contributed by atoms with Gasteiger partial charge in [-0.05, 0) is 35.4 Å². The van der Waals surface area contributed by atoms with Crippen LogP contribution in [0.25, 0.3) is 0 Å². The van der Waals surface area contributed by atoms with E-state index in [0.717, 1.165) is 18.7 Å². The molecule has 1 fully saturated rings. The normalized spacial score (nSPS) is 15.9. The molecule has 0 bridgehead atoms. The Kier molecular flexibility index (Phi) is 7.14. The fraction of sp³-hybridized carbons (Fsp3) is 0.333. The lowest BCUT2D eigenvalue weighted by Gasteiger charge is -2.25. The summed E-state index contributed by atoms with van der Waals surface area (Å²) in [7, 11) is 0. The number of hydrogen-bond donors (Lipinski definition) is 1. The molecule has 2 heterocycles. The van der Waals surface area contributed by atoms with Crippen LogP contribution in [0.2, 0.25) is 10.0 Å². The summed E-state index contributed by atoms with van der Waals surface area (Å²) in [6.07, 6.45) is 1.48. The van der Waals surface area contributed by atoms with Crippen LogP contribution >= 0.6 is 23.2 Å². The van der Waals surface area contributed by atoms with Crippen LogP contribution in [0.1, 0.15) is 11.1 Å². The van der Waals surface area contributed by atoms with Crippen molar-refractivity contribution in [3.8, 4) is 17.2 Å². The quantitative estimate of drug-likeness (QED) is 0.499. The molecule has 8 nitrogen and oxygen atoms in total. The highest BCUT2D eigenvalue weighted by Gasteiger charge is 2.15. The number of hydrazone groups is 1.